The molecule has 0 radical (unpaired) electrons. The molecule has 3 aliphatic rings. The first-order valence-electron chi connectivity index (χ1n) is 8.60. The lowest BCUT2D eigenvalue weighted by Gasteiger charge is -2.23. The van der Waals surface area contributed by atoms with Crippen molar-refractivity contribution in [1.82, 2.24) is 9.80 Å². The molecule has 0 unspecified atom stereocenters. The first-order valence-corrected chi connectivity index (χ1v) is 9.42. The Morgan fingerprint density at radius 1 is 1.28 bits per heavy atom. The van der Waals surface area contributed by atoms with Crippen LogP contribution in [0.3, 0.4) is 0 Å². The molecule has 1 aromatic carbocycles. The summed E-state index contributed by atoms with van der Waals surface area (Å²) in [5.41, 5.74) is 0.421. The van der Waals surface area contributed by atoms with Crippen molar-refractivity contribution in [3.05, 3.63) is 34.5 Å². The fourth-order valence-corrected chi connectivity index (χ4v) is 4.57. The summed E-state index contributed by atoms with van der Waals surface area (Å²) in [6, 6.07) is 4.32. The molecule has 0 bridgehead atoms. The molecule has 1 atom stereocenters. The minimum absolute atomic E-state index is 0.176. The molecule has 2 fully saturated rings. The van der Waals surface area contributed by atoms with Crippen LogP contribution in [0.15, 0.2) is 28.1 Å². The number of amidine groups is 1. The fourth-order valence-electron chi connectivity index (χ4n) is 3.63. The van der Waals surface area contributed by atoms with Gasteiger partial charge in [0.15, 0.2) is 5.17 Å². The second-order valence-corrected chi connectivity index (χ2v) is 7.65. The molecule has 1 aromatic rings. The highest BCUT2D eigenvalue weighted by Gasteiger charge is 2.34. The van der Waals surface area contributed by atoms with Gasteiger partial charge in [-0.1, -0.05) is 0 Å². The summed E-state index contributed by atoms with van der Waals surface area (Å²) in [5, 5.41) is 10.5. The van der Waals surface area contributed by atoms with Crippen LogP contribution in [0.5, 0.6) is 5.75 Å². The number of likely N-dealkylation sites (tertiary alicyclic amines) is 2. The summed E-state index contributed by atoms with van der Waals surface area (Å²) in [7, 11) is 0. The van der Waals surface area contributed by atoms with Crippen molar-refractivity contribution in [2.75, 3.05) is 26.2 Å². The van der Waals surface area contributed by atoms with E-state index >= 15 is 0 Å². The van der Waals surface area contributed by atoms with Crippen molar-refractivity contribution in [3.8, 4) is 5.75 Å². The Labute approximate surface area is 150 Å². The van der Waals surface area contributed by atoms with E-state index in [4.69, 9.17) is 0 Å². The summed E-state index contributed by atoms with van der Waals surface area (Å²) in [6.07, 6.45) is 5.23. The third kappa shape index (κ3) is 3.43. The number of hydrogen-bond acceptors (Lipinski definition) is 5. The summed E-state index contributed by atoms with van der Waals surface area (Å²) in [4.78, 5) is 21.5. The maximum absolute atomic E-state index is 13.1. The molecule has 1 N–H and O–H groups in total. The van der Waals surface area contributed by atoms with Gasteiger partial charge in [0.1, 0.15) is 11.6 Å². The van der Waals surface area contributed by atoms with E-state index in [9.17, 15) is 14.3 Å². The van der Waals surface area contributed by atoms with Gasteiger partial charge in [-0.15, -0.1) is 0 Å². The number of carbonyl (C=O) groups excluding carboxylic acids is 1. The number of rotatable bonds is 2. The lowest BCUT2D eigenvalue weighted by molar-refractivity contribution is -0.113. The number of aliphatic imine (C=N–C) groups is 1. The quantitative estimate of drug-likeness (QED) is 0.821. The standard InChI is InChI=1S/C18H20FN3O2S/c19-13-4-3-12(15(23)10-13)9-16-17(24)20-18(25-16)22-8-5-14(11-22)21-6-1-2-7-21/h3-4,9-10,14,23H,1-2,5-8,11H2/t14-/m1/s1. The number of benzene rings is 1. The van der Waals surface area contributed by atoms with E-state index in [2.05, 4.69) is 14.8 Å². The van der Waals surface area contributed by atoms with Gasteiger partial charge >= 0.3 is 0 Å². The van der Waals surface area contributed by atoms with Gasteiger partial charge < -0.3 is 10.0 Å². The van der Waals surface area contributed by atoms with Crippen molar-refractivity contribution in [1.29, 1.82) is 0 Å². The maximum atomic E-state index is 13.1. The average molecular weight is 361 g/mol. The van der Waals surface area contributed by atoms with Gasteiger partial charge in [0.05, 0.1) is 4.91 Å². The summed E-state index contributed by atoms with van der Waals surface area (Å²) >= 11 is 1.33. The Morgan fingerprint density at radius 2 is 2.08 bits per heavy atom. The van der Waals surface area contributed by atoms with Gasteiger partial charge in [-0.25, -0.2) is 4.39 Å². The molecule has 0 aliphatic carbocycles. The zero-order valence-corrected chi connectivity index (χ0v) is 14.6. The number of carbonyl (C=O) groups is 1. The monoisotopic (exact) mass is 361 g/mol. The molecule has 3 aliphatic heterocycles. The molecule has 4 rings (SSSR count). The topological polar surface area (TPSA) is 56.1 Å². The van der Waals surface area contributed by atoms with Crippen molar-refractivity contribution >= 4 is 28.9 Å². The zero-order chi connectivity index (χ0) is 17.4. The highest BCUT2D eigenvalue weighted by Crippen LogP contribution is 2.34. The molecule has 2 saturated heterocycles. The fraction of sp³-hybridized carbons (Fsp3) is 0.444. The SMILES string of the molecule is O=C1N=C(N2CC[C@@H](N3CCCC3)C2)SC1=Cc1ccc(F)cc1O. The van der Waals surface area contributed by atoms with E-state index in [1.54, 1.807) is 6.08 Å². The maximum Gasteiger partial charge on any atom is 0.286 e. The van der Waals surface area contributed by atoms with Gasteiger partial charge in [-0.2, -0.15) is 4.99 Å². The number of amides is 1. The van der Waals surface area contributed by atoms with E-state index in [0.717, 1.165) is 30.7 Å². The van der Waals surface area contributed by atoms with Crippen molar-refractivity contribution < 1.29 is 14.3 Å². The number of aromatic hydroxyl groups is 1. The number of thioether (sulfide) groups is 1. The molecule has 0 spiro atoms. The Bertz CT molecular complexity index is 759. The van der Waals surface area contributed by atoms with E-state index in [0.29, 0.717) is 16.5 Å². The predicted octanol–water partition coefficient (Wildman–Crippen LogP) is 2.67. The van der Waals surface area contributed by atoms with E-state index < -0.39 is 5.82 Å². The van der Waals surface area contributed by atoms with Gasteiger partial charge in [0.2, 0.25) is 0 Å². The van der Waals surface area contributed by atoms with E-state index in [-0.39, 0.29) is 11.7 Å². The molecule has 132 valence electrons. The molecule has 25 heavy (non-hydrogen) atoms. The number of phenols is 1. The first kappa shape index (κ1) is 16.6. The lowest BCUT2D eigenvalue weighted by atomic mass is 10.2. The highest BCUT2D eigenvalue weighted by molar-refractivity contribution is 8.18. The highest BCUT2D eigenvalue weighted by atomic mass is 32.2. The molecular formula is C18H20FN3O2S. The minimum atomic E-state index is -0.507. The molecule has 1 amide bonds. The van der Waals surface area contributed by atoms with Crippen molar-refractivity contribution in [2.45, 2.75) is 25.3 Å². The minimum Gasteiger partial charge on any atom is -0.507 e. The molecular weight excluding hydrogens is 341 g/mol. The van der Waals surface area contributed by atoms with Crippen LogP contribution in [-0.4, -0.2) is 58.2 Å². The van der Waals surface area contributed by atoms with Crippen LogP contribution >= 0.6 is 11.8 Å². The van der Waals surface area contributed by atoms with Gasteiger partial charge in [-0.3, -0.25) is 9.69 Å². The predicted molar refractivity (Wildman–Crippen MR) is 96.9 cm³/mol. The van der Waals surface area contributed by atoms with Crippen LogP contribution in [0.1, 0.15) is 24.8 Å². The third-order valence-corrected chi connectivity index (χ3v) is 6.02. The molecule has 5 nitrogen and oxygen atoms in total. The van der Waals surface area contributed by atoms with Crippen LogP contribution in [0.2, 0.25) is 0 Å². The lowest BCUT2D eigenvalue weighted by Crippen LogP contribution is -2.36. The van der Waals surface area contributed by atoms with Crippen LogP contribution < -0.4 is 0 Å². The molecule has 0 aromatic heterocycles. The Morgan fingerprint density at radius 3 is 2.84 bits per heavy atom. The number of phenolic OH excluding ortho intramolecular Hbond substituents is 1. The Hall–Kier alpha value is -1.86. The number of hydrogen-bond donors (Lipinski definition) is 1. The summed E-state index contributed by atoms with van der Waals surface area (Å²) in [5.74, 6) is -0.982. The Balaban J connectivity index is 1.45. The van der Waals surface area contributed by atoms with E-state index in [1.807, 2.05) is 0 Å². The van der Waals surface area contributed by atoms with Gasteiger partial charge in [-0.05, 0) is 62.3 Å². The molecule has 7 heteroatoms. The smallest absolute Gasteiger partial charge is 0.286 e. The molecule has 0 saturated carbocycles. The molecule has 3 heterocycles. The van der Waals surface area contributed by atoms with Crippen LogP contribution in [0.25, 0.3) is 6.08 Å². The van der Waals surface area contributed by atoms with Crippen LogP contribution in [-0.2, 0) is 4.79 Å². The van der Waals surface area contributed by atoms with Crippen LogP contribution in [0, 0.1) is 5.82 Å². The van der Waals surface area contributed by atoms with Gasteiger partial charge in [0, 0.05) is 30.8 Å². The summed E-state index contributed by atoms with van der Waals surface area (Å²) < 4.78 is 13.1. The van der Waals surface area contributed by atoms with Crippen molar-refractivity contribution in [3.63, 3.8) is 0 Å². The Kier molecular flexibility index (Phi) is 4.52. The second-order valence-electron chi connectivity index (χ2n) is 6.64. The van der Waals surface area contributed by atoms with Gasteiger partial charge in [0.25, 0.3) is 5.91 Å². The average Bonchev–Trinajstić information content (AvgIpc) is 3.31. The number of nitrogens with zero attached hydrogens (tertiary/aromatic N) is 3. The third-order valence-electron chi connectivity index (χ3n) is 4.98. The number of halogens is 1. The normalized spacial score (nSPS) is 26.0. The van der Waals surface area contributed by atoms with E-state index in [1.165, 1.54) is 49.8 Å². The first-order chi connectivity index (χ1) is 12.1. The van der Waals surface area contributed by atoms with Crippen molar-refractivity contribution in [2.24, 2.45) is 4.99 Å². The van der Waals surface area contributed by atoms with Crippen LogP contribution in [0.4, 0.5) is 4.39 Å². The second kappa shape index (κ2) is 6.80. The summed E-state index contributed by atoms with van der Waals surface area (Å²) in [6.45, 7) is 4.17. The largest absolute Gasteiger partial charge is 0.507 e. The zero-order valence-electron chi connectivity index (χ0n) is 13.8.